The van der Waals surface area contributed by atoms with Crippen molar-refractivity contribution in [2.75, 3.05) is 0 Å². The summed E-state index contributed by atoms with van der Waals surface area (Å²) in [5, 5.41) is 15.8. The molecule has 0 aliphatic carbocycles. The minimum absolute atomic E-state index is 0.0342. The summed E-state index contributed by atoms with van der Waals surface area (Å²) in [7, 11) is -4.11. The average Bonchev–Trinajstić information content (AvgIpc) is 2.66. The van der Waals surface area contributed by atoms with E-state index in [1.807, 2.05) is 12.1 Å². The van der Waals surface area contributed by atoms with E-state index in [1.165, 1.54) is 36.4 Å². The van der Waals surface area contributed by atoms with E-state index in [4.69, 9.17) is 5.73 Å². The summed E-state index contributed by atoms with van der Waals surface area (Å²) in [5.41, 5.74) is 6.29. The molecule has 0 aromatic heterocycles. The second kappa shape index (κ2) is 7.42. The molecule has 0 radical (unpaired) electrons. The lowest BCUT2D eigenvalue weighted by Crippen LogP contribution is -2.17. The fourth-order valence-electron chi connectivity index (χ4n) is 2.44. The van der Waals surface area contributed by atoms with Crippen LogP contribution in [0.5, 0.6) is 0 Å². The van der Waals surface area contributed by atoms with Gasteiger partial charge in [-0.05, 0) is 28.5 Å². The zero-order valence-electron chi connectivity index (χ0n) is 14.0. The number of fused-ring (bicyclic) bond motifs is 1. The Morgan fingerprint density at radius 2 is 1.70 bits per heavy atom. The molecule has 0 spiro atoms. The molecule has 3 rings (SSSR count). The Morgan fingerprint density at radius 1 is 1.04 bits per heavy atom. The molecule has 9 heteroatoms. The van der Waals surface area contributed by atoms with Crippen molar-refractivity contribution in [3.8, 4) is 0 Å². The smallest absolute Gasteiger partial charge is 0.358 e. The minimum Gasteiger partial charge on any atom is -0.384 e. The second-order valence-corrected chi connectivity index (χ2v) is 7.25. The maximum Gasteiger partial charge on any atom is 0.358 e. The Labute approximate surface area is 155 Å². The van der Waals surface area contributed by atoms with Crippen LogP contribution in [-0.2, 0) is 20.8 Å². The summed E-state index contributed by atoms with van der Waals surface area (Å²) in [6.45, 7) is 0. The van der Waals surface area contributed by atoms with Crippen LogP contribution < -0.4 is 5.73 Å². The van der Waals surface area contributed by atoms with E-state index in [-0.39, 0.29) is 22.8 Å². The average molecular weight is 385 g/mol. The molecule has 0 aliphatic heterocycles. The Kier molecular flexibility index (Phi) is 5.04. The SMILES string of the molecule is NC(Cc1ccc([N+](=O)[O-])cc1)=NOS(=O)(=O)c1ccc2ccccc2c1. The quantitative estimate of drug-likeness (QED) is 0.301. The van der Waals surface area contributed by atoms with Gasteiger partial charge in [-0.2, -0.15) is 8.42 Å². The van der Waals surface area contributed by atoms with E-state index < -0.39 is 15.0 Å². The van der Waals surface area contributed by atoms with Crippen molar-refractivity contribution in [1.29, 1.82) is 0 Å². The van der Waals surface area contributed by atoms with Crippen LogP contribution in [-0.4, -0.2) is 19.2 Å². The molecule has 0 fully saturated rings. The van der Waals surface area contributed by atoms with Crippen LogP contribution in [0.2, 0.25) is 0 Å². The molecule has 27 heavy (non-hydrogen) atoms. The van der Waals surface area contributed by atoms with Gasteiger partial charge in [0, 0.05) is 18.6 Å². The number of benzene rings is 3. The predicted octanol–water partition coefficient (Wildman–Crippen LogP) is 2.97. The van der Waals surface area contributed by atoms with E-state index in [0.29, 0.717) is 5.56 Å². The molecule has 3 aromatic rings. The van der Waals surface area contributed by atoms with E-state index in [0.717, 1.165) is 10.8 Å². The van der Waals surface area contributed by atoms with Gasteiger partial charge in [0.2, 0.25) is 0 Å². The predicted molar refractivity (Wildman–Crippen MR) is 101 cm³/mol. The number of non-ortho nitro benzene ring substituents is 1. The summed E-state index contributed by atoms with van der Waals surface area (Å²) in [6, 6.07) is 17.6. The third-order valence-electron chi connectivity index (χ3n) is 3.79. The van der Waals surface area contributed by atoms with Gasteiger partial charge >= 0.3 is 10.1 Å². The fourth-order valence-corrected chi connectivity index (χ4v) is 3.23. The van der Waals surface area contributed by atoms with Gasteiger partial charge in [0.15, 0.2) is 0 Å². The van der Waals surface area contributed by atoms with Crippen LogP contribution in [0.1, 0.15) is 5.56 Å². The van der Waals surface area contributed by atoms with Crippen molar-refractivity contribution in [2.45, 2.75) is 11.3 Å². The van der Waals surface area contributed by atoms with Crippen LogP contribution >= 0.6 is 0 Å². The molecule has 0 atom stereocenters. The number of nitro groups is 1. The lowest BCUT2D eigenvalue weighted by molar-refractivity contribution is -0.384. The molecule has 0 amide bonds. The van der Waals surface area contributed by atoms with Gasteiger partial charge in [-0.1, -0.05) is 47.6 Å². The van der Waals surface area contributed by atoms with Crippen molar-refractivity contribution >= 4 is 32.4 Å². The number of hydrogen-bond acceptors (Lipinski definition) is 6. The third-order valence-corrected chi connectivity index (χ3v) is 4.90. The largest absolute Gasteiger partial charge is 0.384 e. The van der Waals surface area contributed by atoms with E-state index in [1.54, 1.807) is 18.2 Å². The highest BCUT2D eigenvalue weighted by Gasteiger charge is 2.16. The molecular formula is C18H15N3O5S. The first-order valence-electron chi connectivity index (χ1n) is 7.83. The van der Waals surface area contributed by atoms with Gasteiger partial charge in [-0.25, -0.2) is 0 Å². The summed E-state index contributed by atoms with van der Waals surface area (Å²) in [5.74, 6) is -0.0757. The molecule has 0 aliphatic rings. The molecular weight excluding hydrogens is 370 g/mol. The standard InChI is InChI=1S/C18H15N3O5S/c19-18(11-13-5-8-16(9-6-13)21(22)23)20-26-27(24,25)17-10-7-14-3-1-2-4-15(14)12-17/h1-10,12H,11H2,(H2,19,20). The number of nitrogens with two attached hydrogens (primary N) is 1. The van der Waals surface area contributed by atoms with Crippen molar-refractivity contribution < 1.29 is 17.6 Å². The van der Waals surface area contributed by atoms with Gasteiger partial charge in [0.1, 0.15) is 10.7 Å². The van der Waals surface area contributed by atoms with Crippen LogP contribution in [0.15, 0.2) is 76.8 Å². The highest BCUT2D eigenvalue weighted by molar-refractivity contribution is 7.86. The fraction of sp³-hybridized carbons (Fsp3) is 0.0556. The van der Waals surface area contributed by atoms with Gasteiger partial charge in [0.05, 0.1) is 4.92 Å². The molecule has 0 saturated heterocycles. The summed E-state index contributed by atoms with van der Waals surface area (Å²) in [6.07, 6.45) is 0.0885. The second-order valence-electron chi connectivity index (χ2n) is 5.72. The summed E-state index contributed by atoms with van der Waals surface area (Å²) < 4.78 is 29.3. The Balaban J connectivity index is 1.73. The van der Waals surface area contributed by atoms with Gasteiger partial charge in [-0.15, -0.1) is 0 Å². The highest BCUT2D eigenvalue weighted by Crippen LogP contribution is 2.20. The van der Waals surface area contributed by atoms with Crippen molar-refractivity contribution in [2.24, 2.45) is 10.9 Å². The van der Waals surface area contributed by atoms with Crippen molar-refractivity contribution in [1.82, 2.24) is 0 Å². The zero-order valence-corrected chi connectivity index (χ0v) is 14.8. The number of hydrogen-bond donors (Lipinski definition) is 1. The Hall–Kier alpha value is -3.46. The number of nitro benzene ring substituents is 1. The highest BCUT2D eigenvalue weighted by atomic mass is 32.2. The van der Waals surface area contributed by atoms with E-state index in [9.17, 15) is 18.5 Å². The topological polar surface area (TPSA) is 125 Å². The van der Waals surface area contributed by atoms with E-state index >= 15 is 0 Å². The van der Waals surface area contributed by atoms with Crippen LogP contribution in [0.4, 0.5) is 5.69 Å². The lowest BCUT2D eigenvalue weighted by Gasteiger charge is -2.05. The minimum atomic E-state index is -4.11. The normalized spacial score (nSPS) is 12.1. The summed E-state index contributed by atoms with van der Waals surface area (Å²) >= 11 is 0. The molecule has 0 heterocycles. The van der Waals surface area contributed by atoms with Crippen LogP contribution in [0.3, 0.4) is 0 Å². The number of rotatable bonds is 6. The van der Waals surface area contributed by atoms with Crippen molar-refractivity contribution in [3.63, 3.8) is 0 Å². The Bertz CT molecular complexity index is 1130. The van der Waals surface area contributed by atoms with Crippen LogP contribution in [0.25, 0.3) is 10.8 Å². The third kappa shape index (κ3) is 4.39. The molecule has 0 bridgehead atoms. The molecule has 2 N–H and O–H groups in total. The summed E-state index contributed by atoms with van der Waals surface area (Å²) in [4.78, 5) is 10.1. The maximum absolute atomic E-state index is 12.3. The van der Waals surface area contributed by atoms with Gasteiger partial charge < -0.3 is 5.73 Å². The number of amidine groups is 1. The molecule has 0 saturated carbocycles. The van der Waals surface area contributed by atoms with Gasteiger partial charge in [0.25, 0.3) is 5.69 Å². The van der Waals surface area contributed by atoms with Gasteiger partial charge in [-0.3, -0.25) is 14.4 Å². The first kappa shape index (κ1) is 18.3. The molecule has 138 valence electrons. The molecule has 8 nitrogen and oxygen atoms in total. The monoisotopic (exact) mass is 385 g/mol. The first-order valence-corrected chi connectivity index (χ1v) is 9.24. The van der Waals surface area contributed by atoms with E-state index in [2.05, 4.69) is 9.44 Å². The zero-order chi connectivity index (χ0) is 19.4. The lowest BCUT2D eigenvalue weighted by atomic mass is 10.1. The Morgan fingerprint density at radius 3 is 2.37 bits per heavy atom. The molecule has 3 aromatic carbocycles. The maximum atomic E-state index is 12.3. The van der Waals surface area contributed by atoms with Crippen molar-refractivity contribution in [3.05, 3.63) is 82.4 Å². The van der Waals surface area contributed by atoms with Crippen LogP contribution in [0, 0.1) is 10.1 Å². The first-order chi connectivity index (χ1) is 12.8. The number of nitrogens with zero attached hydrogens (tertiary/aromatic N) is 2. The molecule has 0 unspecified atom stereocenters. The number of oxime groups is 1.